The Morgan fingerprint density at radius 1 is 1.00 bits per heavy atom. The molecule has 2 aromatic rings. The fourth-order valence-corrected chi connectivity index (χ4v) is 2.86. The highest BCUT2D eigenvalue weighted by atomic mass is 35.5. The minimum atomic E-state index is 0.371. The van der Waals surface area contributed by atoms with Gasteiger partial charge < -0.3 is 4.90 Å². The Labute approximate surface area is 131 Å². The lowest BCUT2D eigenvalue weighted by molar-refractivity contribution is 0.680. The standard InChI is InChI=1S/C17H19Cl2N/c1-13(2)20(12-14-7-4-3-5-8-14)17-10-6-9-16(19)15(17)11-18/h3-10,13H,11-12H2,1-2H3. The van der Waals surface area contributed by atoms with Crippen molar-refractivity contribution in [2.24, 2.45) is 0 Å². The van der Waals surface area contributed by atoms with Crippen molar-refractivity contribution in [1.29, 1.82) is 0 Å². The lowest BCUT2D eigenvalue weighted by Gasteiger charge is -2.31. The van der Waals surface area contributed by atoms with Crippen molar-refractivity contribution < 1.29 is 0 Å². The molecule has 0 fully saturated rings. The second kappa shape index (κ2) is 7.01. The summed E-state index contributed by atoms with van der Waals surface area (Å²) >= 11 is 12.3. The molecule has 106 valence electrons. The monoisotopic (exact) mass is 307 g/mol. The summed E-state index contributed by atoms with van der Waals surface area (Å²) in [5, 5.41) is 0.733. The van der Waals surface area contributed by atoms with E-state index in [9.17, 15) is 0 Å². The summed E-state index contributed by atoms with van der Waals surface area (Å²) in [6.45, 7) is 5.21. The van der Waals surface area contributed by atoms with Crippen molar-refractivity contribution in [3.05, 3.63) is 64.7 Å². The normalized spacial score (nSPS) is 10.8. The van der Waals surface area contributed by atoms with E-state index >= 15 is 0 Å². The molecule has 0 saturated carbocycles. The van der Waals surface area contributed by atoms with Crippen molar-refractivity contribution in [1.82, 2.24) is 0 Å². The third-order valence-electron chi connectivity index (χ3n) is 3.36. The van der Waals surface area contributed by atoms with Crippen LogP contribution in [0.4, 0.5) is 5.69 Å². The molecule has 0 aliphatic rings. The van der Waals surface area contributed by atoms with Gasteiger partial charge in [-0.2, -0.15) is 0 Å². The minimum Gasteiger partial charge on any atom is -0.364 e. The summed E-state index contributed by atoms with van der Waals surface area (Å²) in [5.41, 5.74) is 3.40. The molecule has 0 aromatic heterocycles. The van der Waals surface area contributed by atoms with Crippen molar-refractivity contribution in [2.75, 3.05) is 4.90 Å². The zero-order valence-electron chi connectivity index (χ0n) is 11.8. The Bertz CT molecular complexity index is 552. The average Bonchev–Trinajstić information content (AvgIpc) is 2.45. The number of benzene rings is 2. The first-order chi connectivity index (χ1) is 9.63. The Morgan fingerprint density at radius 3 is 2.30 bits per heavy atom. The Balaban J connectivity index is 2.37. The third kappa shape index (κ3) is 3.47. The van der Waals surface area contributed by atoms with Crippen LogP contribution in [-0.2, 0) is 12.4 Å². The van der Waals surface area contributed by atoms with Gasteiger partial charge in [0, 0.05) is 28.9 Å². The van der Waals surface area contributed by atoms with Crippen LogP contribution >= 0.6 is 23.2 Å². The van der Waals surface area contributed by atoms with Gasteiger partial charge >= 0.3 is 0 Å². The van der Waals surface area contributed by atoms with E-state index < -0.39 is 0 Å². The summed E-state index contributed by atoms with van der Waals surface area (Å²) in [6, 6.07) is 16.8. The summed E-state index contributed by atoms with van der Waals surface area (Å²) in [6.07, 6.45) is 0. The molecular weight excluding hydrogens is 289 g/mol. The average molecular weight is 308 g/mol. The van der Waals surface area contributed by atoms with E-state index in [0.717, 1.165) is 22.8 Å². The molecular formula is C17H19Cl2N. The first-order valence-electron chi connectivity index (χ1n) is 6.77. The zero-order chi connectivity index (χ0) is 14.5. The molecule has 0 atom stereocenters. The van der Waals surface area contributed by atoms with E-state index in [2.05, 4.69) is 49.1 Å². The van der Waals surface area contributed by atoms with Gasteiger partial charge in [0.2, 0.25) is 0 Å². The predicted molar refractivity (Wildman–Crippen MR) is 88.8 cm³/mol. The summed E-state index contributed by atoms with van der Waals surface area (Å²) in [5.74, 6) is 0.424. The van der Waals surface area contributed by atoms with Crippen LogP contribution < -0.4 is 4.90 Å². The van der Waals surface area contributed by atoms with Gasteiger partial charge in [0.15, 0.2) is 0 Å². The van der Waals surface area contributed by atoms with Crippen molar-refractivity contribution in [3.63, 3.8) is 0 Å². The van der Waals surface area contributed by atoms with E-state index in [1.807, 2.05) is 18.2 Å². The molecule has 0 N–H and O–H groups in total. The fourth-order valence-electron chi connectivity index (χ4n) is 2.27. The molecule has 0 bridgehead atoms. The van der Waals surface area contributed by atoms with Gasteiger partial charge in [0.1, 0.15) is 0 Å². The van der Waals surface area contributed by atoms with Crippen LogP contribution in [0.5, 0.6) is 0 Å². The first kappa shape index (κ1) is 15.2. The minimum absolute atomic E-state index is 0.371. The first-order valence-corrected chi connectivity index (χ1v) is 7.68. The lowest BCUT2D eigenvalue weighted by atomic mass is 10.1. The van der Waals surface area contributed by atoms with E-state index in [-0.39, 0.29) is 0 Å². The number of hydrogen-bond acceptors (Lipinski definition) is 1. The molecule has 20 heavy (non-hydrogen) atoms. The van der Waals surface area contributed by atoms with Gasteiger partial charge in [-0.25, -0.2) is 0 Å². The molecule has 0 amide bonds. The van der Waals surface area contributed by atoms with E-state index in [4.69, 9.17) is 23.2 Å². The zero-order valence-corrected chi connectivity index (χ0v) is 13.3. The van der Waals surface area contributed by atoms with Crippen LogP contribution in [0.3, 0.4) is 0 Å². The maximum Gasteiger partial charge on any atom is 0.0509 e. The van der Waals surface area contributed by atoms with Gasteiger partial charge in [-0.3, -0.25) is 0 Å². The quantitative estimate of drug-likeness (QED) is 0.660. The molecule has 3 heteroatoms. The number of anilines is 1. The maximum absolute atomic E-state index is 6.27. The maximum atomic E-state index is 6.27. The highest BCUT2D eigenvalue weighted by Gasteiger charge is 2.16. The number of halogens is 2. The van der Waals surface area contributed by atoms with E-state index in [1.54, 1.807) is 0 Å². The second-order valence-corrected chi connectivity index (χ2v) is 5.75. The molecule has 2 rings (SSSR count). The molecule has 0 aliphatic carbocycles. The van der Waals surface area contributed by atoms with Crippen LogP contribution in [0.1, 0.15) is 25.0 Å². The molecule has 0 unspecified atom stereocenters. The van der Waals surface area contributed by atoms with Crippen LogP contribution in [0.15, 0.2) is 48.5 Å². The second-order valence-electron chi connectivity index (χ2n) is 5.08. The highest BCUT2D eigenvalue weighted by Crippen LogP contribution is 2.31. The SMILES string of the molecule is CC(C)N(Cc1ccccc1)c1cccc(Cl)c1CCl. The molecule has 0 heterocycles. The van der Waals surface area contributed by atoms with Crippen molar-refractivity contribution in [2.45, 2.75) is 32.3 Å². The lowest BCUT2D eigenvalue weighted by Crippen LogP contribution is -2.31. The Hall–Kier alpha value is -1.18. The molecule has 1 nitrogen and oxygen atoms in total. The van der Waals surface area contributed by atoms with E-state index in [0.29, 0.717) is 11.9 Å². The fraction of sp³-hybridized carbons (Fsp3) is 0.294. The largest absolute Gasteiger partial charge is 0.364 e. The number of hydrogen-bond donors (Lipinski definition) is 0. The van der Waals surface area contributed by atoms with Crippen LogP contribution in [0, 0.1) is 0 Å². The number of nitrogens with zero attached hydrogens (tertiary/aromatic N) is 1. The molecule has 0 radical (unpaired) electrons. The topological polar surface area (TPSA) is 3.24 Å². The van der Waals surface area contributed by atoms with Gasteiger partial charge in [0.05, 0.1) is 5.88 Å². The van der Waals surface area contributed by atoms with Crippen molar-refractivity contribution in [3.8, 4) is 0 Å². The van der Waals surface area contributed by atoms with Gasteiger partial charge in [0.25, 0.3) is 0 Å². The van der Waals surface area contributed by atoms with Gasteiger partial charge in [-0.05, 0) is 31.5 Å². The van der Waals surface area contributed by atoms with E-state index in [1.165, 1.54) is 5.56 Å². The van der Waals surface area contributed by atoms with Crippen LogP contribution in [0.2, 0.25) is 5.02 Å². The van der Waals surface area contributed by atoms with Crippen LogP contribution in [0.25, 0.3) is 0 Å². The van der Waals surface area contributed by atoms with Gasteiger partial charge in [-0.15, -0.1) is 11.6 Å². The third-order valence-corrected chi connectivity index (χ3v) is 3.98. The smallest absolute Gasteiger partial charge is 0.0509 e. The Kier molecular flexibility index (Phi) is 5.33. The van der Waals surface area contributed by atoms with Crippen molar-refractivity contribution >= 4 is 28.9 Å². The number of rotatable bonds is 5. The number of alkyl halides is 1. The molecule has 0 aliphatic heterocycles. The summed E-state index contributed by atoms with van der Waals surface area (Å²) in [4.78, 5) is 2.33. The molecule has 0 saturated heterocycles. The van der Waals surface area contributed by atoms with Gasteiger partial charge in [-0.1, -0.05) is 48.0 Å². The highest BCUT2D eigenvalue weighted by molar-refractivity contribution is 6.32. The molecule has 2 aromatic carbocycles. The van der Waals surface area contributed by atoms with Crippen LogP contribution in [-0.4, -0.2) is 6.04 Å². The summed E-state index contributed by atoms with van der Waals surface area (Å²) in [7, 11) is 0. The Morgan fingerprint density at radius 2 is 1.70 bits per heavy atom. The predicted octanol–water partition coefficient (Wildman–Crippen LogP) is 5.49. The molecule has 0 spiro atoms. The summed E-state index contributed by atoms with van der Waals surface area (Å²) < 4.78 is 0.